The van der Waals surface area contributed by atoms with E-state index in [0.29, 0.717) is 5.92 Å². The van der Waals surface area contributed by atoms with Crippen LogP contribution in [0.3, 0.4) is 0 Å². The molecular weight excluding hydrogens is 262 g/mol. The Labute approximate surface area is 126 Å². The Bertz CT molecular complexity index is 495. The van der Waals surface area contributed by atoms with E-state index in [4.69, 9.17) is 0 Å². The smallest absolute Gasteiger partial charge is 0.242 e. The van der Waals surface area contributed by atoms with E-state index < -0.39 is 0 Å². The van der Waals surface area contributed by atoms with Crippen LogP contribution in [-0.4, -0.2) is 43.5 Å². The largest absolute Gasteiger partial charge is 0.373 e. The van der Waals surface area contributed by atoms with Crippen molar-refractivity contribution in [3.63, 3.8) is 0 Å². The number of piperidine rings is 1. The van der Waals surface area contributed by atoms with E-state index >= 15 is 0 Å². The minimum atomic E-state index is -0.0776. The summed E-state index contributed by atoms with van der Waals surface area (Å²) >= 11 is 0. The first-order valence-corrected chi connectivity index (χ1v) is 8.03. The Kier molecular flexibility index (Phi) is 4.44. The van der Waals surface area contributed by atoms with Crippen molar-refractivity contribution in [2.75, 3.05) is 32.0 Å². The Morgan fingerprint density at radius 1 is 1.29 bits per heavy atom. The number of likely N-dealkylation sites (tertiary alicyclic amines) is 1. The van der Waals surface area contributed by atoms with Gasteiger partial charge in [0.05, 0.1) is 0 Å². The van der Waals surface area contributed by atoms with Crippen molar-refractivity contribution in [2.24, 2.45) is 5.92 Å². The van der Waals surface area contributed by atoms with Gasteiger partial charge < -0.3 is 15.5 Å². The fraction of sp³-hybridized carbons (Fsp3) is 0.588. The zero-order chi connectivity index (χ0) is 14.7. The zero-order valence-corrected chi connectivity index (χ0v) is 12.8. The lowest BCUT2D eigenvalue weighted by Gasteiger charge is -2.30. The summed E-state index contributed by atoms with van der Waals surface area (Å²) in [6, 6.07) is 8.19. The molecule has 1 unspecified atom stereocenters. The number of carbonyl (C=O) groups is 1. The van der Waals surface area contributed by atoms with Crippen LogP contribution in [0.1, 0.15) is 24.8 Å². The van der Waals surface area contributed by atoms with E-state index in [-0.39, 0.29) is 11.9 Å². The quantitative estimate of drug-likeness (QED) is 0.892. The highest BCUT2D eigenvalue weighted by molar-refractivity contribution is 5.85. The number of anilines is 1. The summed E-state index contributed by atoms with van der Waals surface area (Å²) in [5.41, 5.74) is 2.43. The lowest BCUT2D eigenvalue weighted by Crippen LogP contribution is -2.44. The molecule has 2 aliphatic rings. The van der Waals surface area contributed by atoms with Crippen molar-refractivity contribution >= 4 is 11.6 Å². The molecular formula is C17H25N3O. The SMILES string of the molecule is CN1CCC(CNC(=O)C2CCc3ccccc3N2)CC1. The average Bonchev–Trinajstić information content (AvgIpc) is 2.53. The van der Waals surface area contributed by atoms with E-state index in [1.54, 1.807) is 0 Å². The number of aryl methyl sites for hydroxylation is 1. The van der Waals surface area contributed by atoms with Gasteiger partial charge in [-0.15, -0.1) is 0 Å². The first-order chi connectivity index (χ1) is 10.2. The molecule has 0 radical (unpaired) electrons. The predicted molar refractivity (Wildman–Crippen MR) is 85.4 cm³/mol. The number of fused-ring (bicyclic) bond motifs is 1. The van der Waals surface area contributed by atoms with Gasteiger partial charge in [-0.2, -0.15) is 0 Å². The molecule has 1 atom stereocenters. The summed E-state index contributed by atoms with van der Waals surface area (Å²) in [6.45, 7) is 3.12. The number of amides is 1. The summed E-state index contributed by atoms with van der Waals surface area (Å²) in [6.07, 6.45) is 4.25. The predicted octanol–water partition coefficient (Wildman–Crippen LogP) is 1.87. The highest BCUT2D eigenvalue weighted by Gasteiger charge is 2.24. The molecule has 1 aromatic rings. The summed E-state index contributed by atoms with van der Waals surface area (Å²) in [5.74, 6) is 0.796. The van der Waals surface area contributed by atoms with Crippen LogP contribution in [-0.2, 0) is 11.2 Å². The number of rotatable bonds is 3. The zero-order valence-electron chi connectivity index (χ0n) is 12.8. The van der Waals surface area contributed by atoms with E-state index in [2.05, 4.69) is 40.8 Å². The topological polar surface area (TPSA) is 44.4 Å². The van der Waals surface area contributed by atoms with Gasteiger partial charge >= 0.3 is 0 Å². The minimum Gasteiger partial charge on any atom is -0.373 e. The normalized spacial score (nSPS) is 23.2. The molecule has 2 heterocycles. The maximum atomic E-state index is 12.3. The molecule has 4 nitrogen and oxygen atoms in total. The first-order valence-electron chi connectivity index (χ1n) is 8.03. The maximum absolute atomic E-state index is 12.3. The summed E-state index contributed by atoms with van der Waals surface area (Å²) < 4.78 is 0. The molecule has 1 amide bonds. The molecule has 21 heavy (non-hydrogen) atoms. The average molecular weight is 287 g/mol. The van der Waals surface area contributed by atoms with Crippen molar-refractivity contribution in [1.82, 2.24) is 10.2 Å². The standard InChI is InChI=1S/C17H25N3O/c1-20-10-8-13(9-11-20)12-18-17(21)16-7-6-14-4-2-3-5-15(14)19-16/h2-5,13,16,19H,6-12H2,1H3,(H,18,21). The third kappa shape index (κ3) is 3.56. The van der Waals surface area contributed by atoms with Gasteiger partial charge in [-0.1, -0.05) is 18.2 Å². The van der Waals surface area contributed by atoms with Crippen LogP contribution in [0.15, 0.2) is 24.3 Å². The highest BCUT2D eigenvalue weighted by Crippen LogP contribution is 2.24. The summed E-state index contributed by atoms with van der Waals surface area (Å²) in [4.78, 5) is 14.7. The number of benzene rings is 1. The van der Waals surface area contributed by atoms with Gasteiger partial charge in [0.1, 0.15) is 6.04 Å². The van der Waals surface area contributed by atoms with Gasteiger partial charge in [0, 0.05) is 12.2 Å². The number of para-hydroxylation sites is 1. The fourth-order valence-corrected chi connectivity index (χ4v) is 3.27. The number of nitrogens with zero attached hydrogens (tertiary/aromatic N) is 1. The molecule has 2 aliphatic heterocycles. The minimum absolute atomic E-state index is 0.0776. The molecule has 1 saturated heterocycles. The second-order valence-electron chi connectivity index (χ2n) is 6.38. The summed E-state index contributed by atoms with van der Waals surface area (Å²) in [7, 11) is 2.16. The van der Waals surface area contributed by atoms with Crippen LogP contribution in [0.2, 0.25) is 0 Å². The molecule has 4 heteroatoms. The van der Waals surface area contributed by atoms with Gasteiger partial charge in [-0.05, 0) is 63.4 Å². The van der Waals surface area contributed by atoms with Crippen LogP contribution in [0.25, 0.3) is 0 Å². The van der Waals surface area contributed by atoms with E-state index in [0.717, 1.165) is 38.2 Å². The summed E-state index contributed by atoms with van der Waals surface area (Å²) in [5, 5.41) is 6.52. The lowest BCUT2D eigenvalue weighted by atomic mass is 9.96. The molecule has 0 aromatic heterocycles. The number of carbonyl (C=O) groups excluding carboxylic acids is 1. The molecule has 114 valence electrons. The molecule has 1 aromatic carbocycles. The number of hydrogen-bond acceptors (Lipinski definition) is 3. The number of hydrogen-bond donors (Lipinski definition) is 2. The molecule has 3 rings (SSSR count). The van der Waals surface area contributed by atoms with Crippen molar-refractivity contribution in [1.29, 1.82) is 0 Å². The fourth-order valence-electron chi connectivity index (χ4n) is 3.27. The second-order valence-corrected chi connectivity index (χ2v) is 6.38. The van der Waals surface area contributed by atoms with Crippen LogP contribution >= 0.6 is 0 Å². The van der Waals surface area contributed by atoms with Crippen molar-refractivity contribution < 1.29 is 4.79 Å². The molecule has 1 fully saturated rings. The molecule has 2 N–H and O–H groups in total. The van der Waals surface area contributed by atoms with E-state index in [1.807, 2.05) is 6.07 Å². The van der Waals surface area contributed by atoms with Crippen molar-refractivity contribution in [3.8, 4) is 0 Å². The monoisotopic (exact) mass is 287 g/mol. The molecule has 0 saturated carbocycles. The highest BCUT2D eigenvalue weighted by atomic mass is 16.2. The third-order valence-corrected chi connectivity index (χ3v) is 4.77. The van der Waals surface area contributed by atoms with Crippen LogP contribution in [0.4, 0.5) is 5.69 Å². The Balaban J connectivity index is 1.48. The van der Waals surface area contributed by atoms with Crippen molar-refractivity contribution in [3.05, 3.63) is 29.8 Å². The van der Waals surface area contributed by atoms with Crippen LogP contribution < -0.4 is 10.6 Å². The lowest BCUT2D eigenvalue weighted by molar-refractivity contribution is -0.122. The van der Waals surface area contributed by atoms with Gasteiger partial charge in [0.2, 0.25) is 5.91 Å². The Hall–Kier alpha value is -1.55. The first kappa shape index (κ1) is 14.4. The van der Waals surface area contributed by atoms with Gasteiger partial charge in [-0.25, -0.2) is 0 Å². The third-order valence-electron chi connectivity index (χ3n) is 4.77. The molecule has 0 spiro atoms. The molecule has 0 aliphatic carbocycles. The van der Waals surface area contributed by atoms with Crippen LogP contribution in [0, 0.1) is 5.92 Å². The van der Waals surface area contributed by atoms with Gasteiger partial charge in [0.25, 0.3) is 0 Å². The van der Waals surface area contributed by atoms with E-state index in [1.165, 1.54) is 18.4 Å². The Morgan fingerprint density at radius 2 is 2.05 bits per heavy atom. The second kappa shape index (κ2) is 6.48. The van der Waals surface area contributed by atoms with E-state index in [9.17, 15) is 4.79 Å². The molecule has 0 bridgehead atoms. The Morgan fingerprint density at radius 3 is 2.86 bits per heavy atom. The maximum Gasteiger partial charge on any atom is 0.242 e. The number of nitrogens with one attached hydrogen (secondary N) is 2. The van der Waals surface area contributed by atoms with Gasteiger partial charge in [-0.3, -0.25) is 4.79 Å². The van der Waals surface area contributed by atoms with Gasteiger partial charge in [0.15, 0.2) is 0 Å². The van der Waals surface area contributed by atoms with Crippen molar-refractivity contribution in [2.45, 2.75) is 31.7 Å². The van der Waals surface area contributed by atoms with Crippen LogP contribution in [0.5, 0.6) is 0 Å².